The molecule has 6 heteroatoms. The molecule has 0 aliphatic rings. The predicted octanol–water partition coefficient (Wildman–Crippen LogP) is 2.20. The number of nitrogens with one attached hydrogen (secondary N) is 1. The zero-order valence-electron chi connectivity index (χ0n) is 10.9. The lowest BCUT2D eigenvalue weighted by Crippen LogP contribution is -2.16. The van der Waals surface area contributed by atoms with E-state index in [1.165, 1.54) is 6.20 Å². The van der Waals surface area contributed by atoms with E-state index in [2.05, 4.69) is 9.71 Å². The molecule has 2 aromatic rings. The van der Waals surface area contributed by atoms with E-state index in [0.29, 0.717) is 16.8 Å². The summed E-state index contributed by atoms with van der Waals surface area (Å²) in [6.45, 7) is 1.83. The van der Waals surface area contributed by atoms with E-state index in [-0.39, 0.29) is 5.75 Å². The van der Waals surface area contributed by atoms with Crippen molar-refractivity contribution in [2.45, 2.75) is 12.7 Å². The van der Waals surface area contributed by atoms with E-state index in [1.54, 1.807) is 36.5 Å². The molecule has 0 aliphatic heterocycles. The maximum Gasteiger partial charge on any atom is 0.237 e. The molecule has 0 spiro atoms. The smallest absolute Gasteiger partial charge is 0.237 e. The van der Waals surface area contributed by atoms with Crippen LogP contribution in [0.2, 0.25) is 0 Å². The Morgan fingerprint density at radius 3 is 2.75 bits per heavy atom. The molecule has 0 radical (unpaired) electrons. The summed E-state index contributed by atoms with van der Waals surface area (Å²) in [5.74, 6) is -0.245. The minimum atomic E-state index is -3.58. The molecule has 1 aromatic carbocycles. The van der Waals surface area contributed by atoms with Crippen LogP contribution >= 0.6 is 0 Å². The average Bonchev–Trinajstić information content (AvgIpc) is 2.38. The molecule has 0 saturated carbocycles. The van der Waals surface area contributed by atoms with Crippen LogP contribution in [0.1, 0.15) is 16.7 Å². The SMILES string of the molecule is Cc1cncc(NS(=O)(=O)Cc2ccccc2C#N)c1. The molecule has 5 nitrogen and oxygen atoms in total. The molecule has 20 heavy (non-hydrogen) atoms. The Labute approximate surface area is 118 Å². The third kappa shape index (κ3) is 3.56. The quantitative estimate of drug-likeness (QED) is 0.934. The van der Waals surface area contributed by atoms with Crippen molar-refractivity contribution in [2.24, 2.45) is 0 Å². The Hall–Kier alpha value is -2.39. The topological polar surface area (TPSA) is 82.8 Å². The first-order chi connectivity index (χ1) is 9.50. The number of rotatable bonds is 4. The number of benzene rings is 1. The zero-order valence-corrected chi connectivity index (χ0v) is 11.7. The lowest BCUT2D eigenvalue weighted by atomic mass is 10.1. The molecule has 0 aliphatic carbocycles. The summed E-state index contributed by atoms with van der Waals surface area (Å²) in [6, 6.07) is 10.3. The van der Waals surface area contributed by atoms with E-state index in [4.69, 9.17) is 5.26 Å². The molecule has 0 unspecified atom stereocenters. The molecule has 0 amide bonds. The van der Waals surface area contributed by atoms with Gasteiger partial charge in [-0.1, -0.05) is 18.2 Å². The number of hydrogen-bond donors (Lipinski definition) is 1. The van der Waals surface area contributed by atoms with Gasteiger partial charge in [0.2, 0.25) is 10.0 Å². The highest BCUT2D eigenvalue weighted by molar-refractivity contribution is 7.91. The molecule has 102 valence electrons. The highest BCUT2D eigenvalue weighted by Gasteiger charge is 2.14. The summed E-state index contributed by atoms with van der Waals surface area (Å²) in [5, 5.41) is 8.97. The van der Waals surface area contributed by atoms with Crippen molar-refractivity contribution < 1.29 is 8.42 Å². The molecule has 2 rings (SSSR count). The van der Waals surface area contributed by atoms with Crippen LogP contribution in [-0.2, 0) is 15.8 Å². The molecule has 0 bridgehead atoms. The van der Waals surface area contributed by atoms with Gasteiger partial charge in [-0.25, -0.2) is 8.42 Å². The number of nitriles is 1. The monoisotopic (exact) mass is 287 g/mol. The fourth-order valence-electron chi connectivity index (χ4n) is 1.79. The number of sulfonamides is 1. The van der Waals surface area contributed by atoms with E-state index >= 15 is 0 Å². The van der Waals surface area contributed by atoms with Gasteiger partial charge in [-0.05, 0) is 30.2 Å². The summed E-state index contributed by atoms with van der Waals surface area (Å²) < 4.78 is 26.7. The fourth-order valence-corrected chi connectivity index (χ4v) is 2.99. The van der Waals surface area contributed by atoms with Crippen molar-refractivity contribution >= 4 is 15.7 Å². The maximum atomic E-state index is 12.1. The Bertz CT molecular complexity index is 764. The molecule has 0 fully saturated rings. The van der Waals surface area contributed by atoms with E-state index in [0.717, 1.165) is 5.56 Å². The van der Waals surface area contributed by atoms with Crippen LogP contribution in [0, 0.1) is 18.3 Å². The number of aromatic nitrogens is 1. The molecule has 1 aromatic heterocycles. The summed E-state index contributed by atoms with van der Waals surface area (Å²) >= 11 is 0. The molecule has 0 saturated heterocycles. The van der Waals surface area contributed by atoms with E-state index in [1.807, 2.05) is 13.0 Å². The molecule has 1 N–H and O–H groups in total. The van der Waals surface area contributed by atoms with Gasteiger partial charge in [-0.2, -0.15) is 5.26 Å². The van der Waals surface area contributed by atoms with Gasteiger partial charge in [-0.3, -0.25) is 9.71 Å². The summed E-state index contributed by atoms with van der Waals surface area (Å²) in [7, 11) is -3.58. The largest absolute Gasteiger partial charge is 0.282 e. The minimum absolute atomic E-state index is 0.245. The zero-order chi connectivity index (χ0) is 14.6. The van der Waals surface area contributed by atoms with Gasteiger partial charge in [-0.15, -0.1) is 0 Å². The van der Waals surface area contributed by atoms with Gasteiger partial charge in [0.05, 0.1) is 29.3 Å². The van der Waals surface area contributed by atoms with Crippen LogP contribution in [0.3, 0.4) is 0 Å². The molecular formula is C14H13N3O2S. The standard InChI is InChI=1S/C14H13N3O2S/c1-11-6-14(9-16-8-11)17-20(18,19)10-13-5-3-2-4-12(13)7-15/h2-6,8-9,17H,10H2,1H3. The number of aryl methyl sites for hydroxylation is 1. The average molecular weight is 287 g/mol. The van der Waals surface area contributed by atoms with Crippen molar-refractivity contribution in [3.05, 3.63) is 59.4 Å². The number of nitrogens with zero attached hydrogens (tertiary/aromatic N) is 2. The second-order valence-corrected chi connectivity index (χ2v) is 6.10. The van der Waals surface area contributed by atoms with Gasteiger partial charge in [0.1, 0.15) is 0 Å². The first kappa shape index (κ1) is 14.0. The first-order valence-corrected chi connectivity index (χ1v) is 7.55. The van der Waals surface area contributed by atoms with Crippen LogP contribution in [0.25, 0.3) is 0 Å². The lowest BCUT2D eigenvalue weighted by molar-refractivity contribution is 0.600. The lowest BCUT2D eigenvalue weighted by Gasteiger charge is -2.09. The Kier molecular flexibility index (Phi) is 4.01. The van der Waals surface area contributed by atoms with E-state index < -0.39 is 10.0 Å². The highest BCUT2D eigenvalue weighted by Crippen LogP contribution is 2.15. The molecular weight excluding hydrogens is 274 g/mol. The van der Waals surface area contributed by atoms with Crippen molar-refractivity contribution in [1.82, 2.24) is 4.98 Å². The van der Waals surface area contributed by atoms with Crippen LogP contribution < -0.4 is 4.72 Å². The van der Waals surface area contributed by atoms with Gasteiger partial charge in [0.15, 0.2) is 0 Å². The third-order valence-corrected chi connectivity index (χ3v) is 3.87. The number of anilines is 1. The molecule has 1 heterocycles. The van der Waals surface area contributed by atoms with E-state index in [9.17, 15) is 8.42 Å². The second kappa shape index (κ2) is 5.72. The van der Waals surface area contributed by atoms with Crippen LogP contribution in [0.4, 0.5) is 5.69 Å². The summed E-state index contributed by atoms with van der Waals surface area (Å²) in [6.07, 6.45) is 3.09. The van der Waals surface area contributed by atoms with Gasteiger partial charge >= 0.3 is 0 Å². The summed E-state index contributed by atoms with van der Waals surface area (Å²) in [5.41, 5.74) is 2.12. The molecule has 0 atom stereocenters. The van der Waals surface area contributed by atoms with Crippen LogP contribution in [-0.4, -0.2) is 13.4 Å². The highest BCUT2D eigenvalue weighted by atomic mass is 32.2. The fraction of sp³-hybridized carbons (Fsp3) is 0.143. The summed E-state index contributed by atoms with van der Waals surface area (Å²) in [4.78, 5) is 3.93. The number of pyridine rings is 1. The number of hydrogen-bond acceptors (Lipinski definition) is 4. The van der Waals surface area contributed by atoms with Crippen LogP contribution in [0.15, 0.2) is 42.7 Å². The van der Waals surface area contributed by atoms with Crippen molar-refractivity contribution in [3.63, 3.8) is 0 Å². The van der Waals surface area contributed by atoms with Crippen LogP contribution in [0.5, 0.6) is 0 Å². The predicted molar refractivity (Wildman–Crippen MR) is 76.4 cm³/mol. The van der Waals surface area contributed by atoms with Crippen molar-refractivity contribution in [1.29, 1.82) is 5.26 Å². The second-order valence-electron chi connectivity index (χ2n) is 4.38. The Morgan fingerprint density at radius 2 is 2.05 bits per heavy atom. The van der Waals surface area contributed by atoms with Crippen molar-refractivity contribution in [2.75, 3.05) is 4.72 Å². The third-order valence-electron chi connectivity index (χ3n) is 2.63. The Balaban J connectivity index is 2.22. The minimum Gasteiger partial charge on any atom is -0.282 e. The Morgan fingerprint density at radius 1 is 1.30 bits per heavy atom. The van der Waals surface area contributed by atoms with Gasteiger partial charge < -0.3 is 0 Å². The van der Waals surface area contributed by atoms with Gasteiger partial charge in [0, 0.05) is 6.20 Å². The first-order valence-electron chi connectivity index (χ1n) is 5.90. The van der Waals surface area contributed by atoms with Crippen molar-refractivity contribution in [3.8, 4) is 6.07 Å². The van der Waals surface area contributed by atoms with Gasteiger partial charge in [0.25, 0.3) is 0 Å². The normalized spacial score (nSPS) is 10.8. The maximum absolute atomic E-state index is 12.1.